The maximum absolute atomic E-state index is 3.81. The van der Waals surface area contributed by atoms with E-state index in [0.29, 0.717) is 0 Å². The Labute approximate surface area is 475 Å². The Bertz CT molecular complexity index is 3890. The molecule has 392 valence electrons. The Morgan fingerprint density at radius 2 is 1.09 bits per heavy atom. The van der Waals surface area contributed by atoms with Gasteiger partial charge in [0.05, 0.1) is 6.04 Å². The second kappa shape index (κ2) is 21.2. The molecule has 80 heavy (non-hydrogen) atoms. The molecule has 2 heteroatoms. The second-order valence-corrected chi connectivity index (χ2v) is 23.4. The number of hydrogen-bond acceptors (Lipinski definition) is 2. The molecular weight excluding hydrogens is 965 g/mol. The monoisotopic (exact) mass is 1030 g/mol. The Morgan fingerprint density at radius 1 is 0.487 bits per heavy atom. The fourth-order valence-electron chi connectivity index (χ4n) is 13.7. The Morgan fingerprint density at radius 3 is 1.79 bits per heavy atom. The molecule has 0 heterocycles. The van der Waals surface area contributed by atoms with Gasteiger partial charge in [-0.05, 0) is 194 Å². The number of hydrogen-bond donors (Lipinski definition) is 0. The summed E-state index contributed by atoms with van der Waals surface area (Å²) in [5.41, 5.74) is 29.2. The first-order valence-corrected chi connectivity index (χ1v) is 29.0. The lowest BCUT2D eigenvalue weighted by atomic mass is 9.77. The largest absolute Gasteiger partial charge is 0.338 e. The normalized spacial score (nSPS) is 18.5. The molecule has 0 fully saturated rings. The predicted molar refractivity (Wildman–Crippen MR) is 341 cm³/mol. The molecule has 6 aliphatic carbocycles. The molecule has 0 saturated carbocycles. The van der Waals surface area contributed by atoms with Crippen molar-refractivity contribution in [2.45, 2.75) is 89.5 Å². The summed E-state index contributed by atoms with van der Waals surface area (Å²) in [5, 5.41) is 0. The lowest BCUT2D eigenvalue weighted by molar-refractivity contribution is 0.577. The molecule has 0 aliphatic heterocycles. The van der Waals surface area contributed by atoms with Crippen LogP contribution in [0.1, 0.15) is 106 Å². The van der Waals surface area contributed by atoms with Crippen molar-refractivity contribution in [2.75, 3.05) is 9.80 Å². The van der Waals surface area contributed by atoms with Crippen molar-refractivity contribution in [3.63, 3.8) is 0 Å². The van der Waals surface area contributed by atoms with Gasteiger partial charge >= 0.3 is 0 Å². The highest BCUT2D eigenvalue weighted by Crippen LogP contribution is 2.53. The van der Waals surface area contributed by atoms with E-state index in [1.54, 1.807) is 5.57 Å². The molecular formula is C78H70N2. The average molecular weight is 1040 g/mol. The quantitative estimate of drug-likeness (QED) is 0.106. The SMILES string of the molecule is C=C/C=C\C=C\c1ccc(N(C2=CC=C(C3=CC(C4=CCCC(c5ccc(N(c6ccc(-c7ccccc7)cc6)c6ccc7c(c6)C(C)(C)c6ccccc6-7)cc5)=C4)=CCC3)CC2)C2C=CC3=C(C2)C(C)(C)c2ccccc23)cc1. The maximum atomic E-state index is 3.81. The molecule has 2 nitrogen and oxygen atoms in total. The molecule has 0 bridgehead atoms. The number of rotatable bonds is 13. The lowest BCUT2D eigenvalue weighted by Gasteiger charge is -2.39. The standard InChI is InChI=1S/C78H70N2/c1-6-7-8-10-19-54-30-38-63(39-31-54)79(67-46-48-71-69-26-13-15-28-73(69)77(2,3)75(71)52-67)65-42-34-57(35-43-65)59-22-17-24-61(50-59)62-25-18-23-60(51-62)58-36-44-66(45-37-58)80(64-40-32-56(33-41-64)55-20-11-9-12-21-55)68-47-49-72-70-27-14-16-29-74(70)78(4,5)76(72)53-68/h6-16,19-21,24-34,36-42,44-51,53,67H,1,17-18,22-23,35,43,52H2,2-5H3/b8-7-,19-10+. The number of fused-ring (bicyclic) bond motifs is 5. The van der Waals surface area contributed by atoms with Crippen LogP contribution in [-0.2, 0) is 10.8 Å². The van der Waals surface area contributed by atoms with E-state index in [1.165, 1.54) is 106 Å². The van der Waals surface area contributed by atoms with Gasteiger partial charge in [0.1, 0.15) is 0 Å². The minimum atomic E-state index is -0.0969. The highest BCUT2D eigenvalue weighted by Gasteiger charge is 2.41. The Hall–Kier alpha value is -8.72. The minimum Gasteiger partial charge on any atom is -0.338 e. The molecule has 0 spiro atoms. The van der Waals surface area contributed by atoms with Crippen LogP contribution in [0.5, 0.6) is 0 Å². The van der Waals surface area contributed by atoms with Gasteiger partial charge in [-0.3, -0.25) is 0 Å². The number of benzene rings is 7. The molecule has 1 unspecified atom stereocenters. The highest BCUT2D eigenvalue weighted by atomic mass is 15.2. The molecule has 0 N–H and O–H groups in total. The minimum absolute atomic E-state index is 0.00986. The van der Waals surface area contributed by atoms with Crippen molar-refractivity contribution in [3.05, 3.63) is 316 Å². The smallest absolute Gasteiger partial charge is 0.0560 e. The van der Waals surface area contributed by atoms with E-state index in [-0.39, 0.29) is 16.9 Å². The summed E-state index contributed by atoms with van der Waals surface area (Å²) < 4.78 is 0. The van der Waals surface area contributed by atoms with E-state index >= 15 is 0 Å². The van der Waals surface area contributed by atoms with Crippen LogP contribution in [0.15, 0.2) is 283 Å². The van der Waals surface area contributed by atoms with Crippen LogP contribution in [0, 0.1) is 0 Å². The van der Waals surface area contributed by atoms with Crippen molar-refractivity contribution < 1.29 is 0 Å². The van der Waals surface area contributed by atoms with Crippen LogP contribution >= 0.6 is 0 Å². The van der Waals surface area contributed by atoms with Crippen LogP contribution in [0.2, 0.25) is 0 Å². The van der Waals surface area contributed by atoms with Gasteiger partial charge in [0, 0.05) is 39.3 Å². The summed E-state index contributed by atoms with van der Waals surface area (Å²) in [6.45, 7) is 13.4. The number of anilines is 4. The van der Waals surface area contributed by atoms with Crippen molar-refractivity contribution in [2.24, 2.45) is 0 Å². The fourth-order valence-corrected chi connectivity index (χ4v) is 13.7. The summed E-state index contributed by atoms with van der Waals surface area (Å²) in [7, 11) is 0. The third kappa shape index (κ3) is 9.41. The van der Waals surface area contributed by atoms with Gasteiger partial charge in [0.25, 0.3) is 0 Å². The molecule has 7 aromatic rings. The zero-order valence-electron chi connectivity index (χ0n) is 46.8. The van der Waals surface area contributed by atoms with Crippen LogP contribution < -0.4 is 9.80 Å². The summed E-state index contributed by atoms with van der Waals surface area (Å²) in [6, 6.07) is 63.5. The first-order chi connectivity index (χ1) is 39.1. The summed E-state index contributed by atoms with van der Waals surface area (Å²) in [5.74, 6) is 0. The van der Waals surface area contributed by atoms with E-state index < -0.39 is 0 Å². The van der Waals surface area contributed by atoms with Gasteiger partial charge in [-0.25, -0.2) is 0 Å². The van der Waals surface area contributed by atoms with Crippen LogP contribution in [0.4, 0.5) is 22.7 Å². The second-order valence-electron chi connectivity index (χ2n) is 23.4. The molecule has 13 rings (SSSR count). The Balaban J connectivity index is 0.765. The van der Waals surface area contributed by atoms with E-state index in [0.717, 1.165) is 56.3 Å². The van der Waals surface area contributed by atoms with Gasteiger partial charge in [-0.2, -0.15) is 0 Å². The van der Waals surface area contributed by atoms with E-state index in [1.807, 2.05) is 18.2 Å². The zero-order chi connectivity index (χ0) is 54.4. The number of nitrogens with zero attached hydrogens (tertiary/aromatic N) is 2. The van der Waals surface area contributed by atoms with Crippen molar-refractivity contribution in [1.82, 2.24) is 0 Å². The molecule has 6 aliphatic rings. The summed E-state index contributed by atoms with van der Waals surface area (Å²) >= 11 is 0. The third-order valence-corrected chi connectivity index (χ3v) is 18.0. The zero-order valence-corrected chi connectivity index (χ0v) is 46.8. The summed E-state index contributed by atoms with van der Waals surface area (Å²) in [4.78, 5) is 5.07. The van der Waals surface area contributed by atoms with Gasteiger partial charge in [0.15, 0.2) is 0 Å². The molecule has 0 radical (unpaired) electrons. The van der Waals surface area contributed by atoms with Crippen molar-refractivity contribution in [1.29, 1.82) is 0 Å². The third-order valence-electron chi connectivity index (χ3n) is 18.0. The summed E-state index contributed by atoms with van der Waals surface area (Å²) in [6.07, 6.45) is 36.9. The predicted octanol–water partition coefficient (Wildman–Crippen LogP) is 20.8. The topological polar surface area (TPSA) is 6.48 Å². The number of allylic oxidation sites excluding steroid dienone is 18. The first-order valence-electron chi connectivity index (χ1n) is 29.0. The molecule has 0 saturated heterocycles. The molecule has 1 atom stereocenters. The van der Waals surface area contributed by atoms with Gasteiger partial charge in [-0.15, -0.1) is 0 Å². The van der Waals surface area contributed by atoms with Crippen molar-refractivity contribution >= 4 is 40.0 Å². The average Bonchev–Trinajstić information content (AvgIpc) is 4.06. The van der Waals surface area contributed by atoms with Gasteiger partial charge in [0.2, 0.25) is 0 Å². The van der Waals surface area contributed by atoms with Crippen LogP contribution in [0.25, 0.3) is 39.5 Å². The van der Waals surface area contributed by atoms with Crippen LogP contribution in [0.3, 0.4) is 0 Å². The van der Waals surface area contributed by atoms with Gasteiger partial charge < -0.3 is 9.80 Å². The van der Waals surface area contributed by atoms with E-state index in [2.05, 4.69) is 275 Å². The highest BCUT2D eigenvalue weighted by molar-refractivity contribution is 5.89. The lowest BCUT2D eigenvalue weighted by Crippen LogP contribution is -2.36. The fraction of sp³-hybridized carbons (Fsp3) is 0.179. The molecule has 7 aromatic carbocycles. The van der Waals surface area contributed by atoms with E-state index in [9.17, 15) is 0 Å². The molecule has 0 amide bonds. The van der Waals surface area contributed by atoms with Crippen LogP contribution in [-0.4, -0.2) is 6.04 Å². The molecule has 0 aromatic heterocycles. The van der Waals surface area contributed by atoms with E-state index in [4.69, 9.17) is 0 Å². The maximum Gasteiger partial charge on any atom is 0.0560 e. The van der Waals surface area contributed by atoms with Crippen molar-refractivity contribution in [3.8, 4) is 22.3 Å². The first kappa shape index (κ1) is 50.8. The van der Waals surface area contributed by atoms with Gasteiger partial charge in [-0.1, -0.05) is 229 Å². The Kier molecular flexibility index (Phi) is 13.4.